The minimum absolute atomic E-state index is 0. The van der Waals surface area contributed by atoms with Gasteiger partial charge in [0.2, 0.25) is 0 Å². The SMILES string of the molecule is CCNC(=NCC(O)c1cc(OC)cc(OC)c1)NCCN1CCCCC1.I. The highest BCUT2D eigenvalue weighted by atomic mass is 127. The minimum Gasteiger partial charge on any atom is -0.497 e. The fraction of sp³-hybridized carbons (Fsp3) is 0.650. The van der Waals surface area contributed by atoms with E-state index < -0.39 is 6.10 Å². The highest BCUT2D eigenvalue weighted by Crippen LogP contribution is 2.26. The fourth-order valence-electron chi connectivity index (χ4n) is 3.16. The van der Waals surface area contributed by atoms with Crippen LogP contribution in [-0.4, -0.2) is 69.5 Å². The van der Waals surface area contributed by atoms with E-state index in [2.05, 4.69) is 20.5 Å². The molecule has 2 rings (SSSR count). The van der Waals surface area contributed by atoms with Gasteiger partial charge in [0.1, 0.15) is 11.5 Å². The van der Waals surface area contributed by atoms with Crippen LogP contribution in [0.5, 0.6) is 11.5 Å². The van der Waals surface area contributed by atoms with Crippen LogP contribution in [0.1, 0.15) is 37.9 Å². The summed E-state index contributed by atoms with van der Waals surface area (Å²) in [6, 6.07) is 5.39. The molecule has 0 amide bonds. The largest absolute Gasteiger partial charge is 0.497 e. The molecule has 0 radical (unpaired) electrons. The van der Waals surface area contributed by atoms with Crippen molar-refractivity contribution >= 4 is 29.9 Å². The number of halogens is 1. The Labute approximate surface area is 185 Å². The Balaban J connectivity index is 0.00000392. The van der Waals surface area contributed by atoms with Crippen LogP contribution in [-0.2, 0) is 0 Å². The molecule has 8 heteroatoms. The highest BCUT2D eigenvalue weighted by molar-refractivity contribution is 14.0. The van der Waals surface area contributed by atoms with Gasteiger partial charge in [0.15, 0.2) is 5.96 Å². The number of benzene rings is 1. The van der Waals surface area contributed by atoms with E-state index in [0.29, 0.717) is 11.5 Å². The van der Waals surface area contributed by atoms with Crippen LogP contribution >= 0.6 is 24.0 Å². The Hall–Kier alpha value is -1.26. The van der Waals surface area contributed by atoms with E-state index in [9.17, 15) is 5.11 Å². The quantitative estimate of drug-likeness (QED) is 0.271. The Morgan fingerprint density at radius 1 is 1.11 bits per heavy atom. The van der Waals surface area contributed by atoms with E-state index in [4.69, 9.17) is 9.47 Å². The van der Waals surface area contributed by atoms with E-state index in [1.165, 1.54) is 32.4 Å². The van der Waals surface area contributed by atoms with Crippen molar-refractivity contribution in [2.75, 3.05) is 53.5 Å². The Morgan fingerprint density at radius 2 is 1.75 bits per heavy atom. The minimum atomic E-state index is -0.730. The number of aliphatic hydroxyl groups is 1. The molecule has 0 spiro atoms. The van der Waals surface area contributed by atoms with Crippen LogP contribution in [0.2, 0.25) is 0 Å². The first-order valence-electron chi connectivity index (χ1n) is 9.81. The molecule has 0 bridgehead atoms. The lowest BCUT2D eigenvalue weighted by Crippen LogP contribution is -2.42. The Bertz CT molecular complexity index is 573. The van der Waals surface area contributed by atoms with Gasteiger partial charge in [0.05, 0.1) is 26.9 Å². The third-order valence-electron chi connectivity index (χ3n) is 4.69. The first-order valence-corrected chi connectivity index (χ1v) is 9.81. The summed E-state index contributed by atoms with van der Waals surface area (Å²) in [5.74, 6) is 2.03. The molecular formula is C20H35IN4O3. The van der Waals surface area contributed by atoms with Gasteiger partial charge in [0, 0.05) is 25.7 Å². The summed E-state index contributed by atoms with van der Waals surface area (Å²) in [5.41, 5.74) is 0.721. The lowest BCUT2D eigenvalue weighted by Gasteiger charge is -2.26. The second-order valence-corrected chi connectivity index (χ2v) is 6.71. The number of rotatable bonds is 9. The van der Waals surface area contributed by atoms with E-state index in [-0.39, 0.29) is 30.5 Å². The van der Waals surface area contributed by atoms with Crippen molar-refractivity contribution in [3.8, 4) is 11.5 Å². The maximum Gasteiger partial charge on any atom is 0.191 e. The van der Waals surface area contributed by atoms with Crippen LogP contribution in [0, 0.1) is 0 Å². The predicted octanol–water partition coefficient (Wildman–Crippen LogP) is 2.40. The molecular weight excluding hydrogens is 471 g/mol. The van der Waals surface area contributed by atoms with Gasteiger partial charge in [-0.25, -0.2) is 0 Å². The molecule has 1 unspecified atom stereocenters. The molecule has 1 fully saturated rings. The molecule has 1 aromatic rings. The molecule has 28 heavy (non-hydrogen) atoms. The standard InChI is InChI=1S/C20H34N4O3.HI/c1-4-21-20(22-8-11-24-9-6-5-7-10-24)23-15-19(25)16-12-17(26-2)14-18(13-16)27-3;/h12-14,19,25H,4-11,15H2,1-3H3,(H2,21,22,23);1H. The molecule has 160 valence electrons. The number of aliphatic hydroxyl groups excluding tert-OH is 1. The molecule has 7 nitrogen and oxygen atoms in total. The summed E-state index contributed by atoms with van der Waals surface area (Å²) < 4.78 is 10.5. The third kappa shape index (κ3) is 8.40. The molecule has 1 aromatic carbocycles. The van der Waals surface area contributed by atoms with Crippen molar-refractivity contribution in [3.63, 3.8) is 0 Å². The van der Waals surface area contributed by atoms with E-state index in [0.717, 1.165) is 31.2 Å². The zero-order chi connectivity index (χ0) is 19.5. The van der Waals surface area contributed by atoms with Crippen LogP contribution in [0.4, 0.5) is 0 Å². The monoisotopic (exact) mass is 506 g/mol. The maximum atomic E-state index is 10.5. The number of likely N-dealkylation sites (tertiary alicyclic amines) is 1. The van der Waals surface area contributed by atoms with E-state index in [1.807, 2.05) is 6.92 Å². The highest BCUT2D eigenvalue weighted by Gasteiger charge is 2.12. The summed E-state index contributed by atoms with van der Waals surface area (Å²) in [7, 11) is 3.19. The third-order valence-corrected chi connectivity index (χ3v) is 4.69. The maximum absolute atomic E-state index is 10.5. The molecule has 3 N–H and O–H groups in total. The van der Waals surface area contributed by atoms with Gasteiger partial charge in [-0.1, -0.05) is 6.42 Å². The van der Waals surface area contributed by atoms with Gasteiger partial charge in [-0.3, -0.25) is 4.99 Å². The van der Waals surface area contributed by atoms with Gasteiger partial charge < -0.3 is 30.1 Å². The molecule has 1 atom stereocenters. The number of ether oxygens (including phenoxy) is 2. The number of methoxy groups -OCH3 is 2. The van der Waals surface area contributed by atoms with Crippen LogP contribution in [0.15, 0.2) is 23.2 Å². The molecule has 1 aliphatic rings. The van der Waals surface area contributed by atoms with E-state index in [1.54, 1.807) is 32.4 Å². The number of nitrogens with zero attached hydrogens (tertiary/aromatic N) is 2. The van der Waals surface area contributed by atoms with Gasteiger partial charge in [-0.2, -0.15) is 0 Å². The van der Waals surface area contributed by atoms with Crippen molar-refractivity contribution in [1.29, 1.82) is 0 Å². The number of piperidine rings is 1. The first kappa shape index (κ1) is 24.8. The number of guanidine groups is 1. The average molecular weight is 506 g/mol. The van der Waals surface area contributed by atoms with Crippen LogP contribution in [0.25, 0.3) is 0 Å². The Morgan fingerprint density at radius 3 is 2.32 bits per heavy atom. The van der Waals surface area contributed by atoms with Gasteiger partial charge >= 0.3 is 0 Å². The molecule has 0 aliphatic carbocycles. The summed E-state index contributed by atoms with van der Waals surface area (Å²) in [5, 5.41) is 17.1. The zero-order valence-electron chi connectivity index (χ0n) is 17.2. The van der Waals surface area contributed by atoms with Crippen molar-refractivity contribution in [1.82, 2.24) is 15.5 Å². The van der Waals surface area contributed by atoms with Gasteiger partial charge in [-0.05, 0) is 50.6 Å². The zero-order valence-corrected chi connectivity index (χ0v) is 19.6. The lowest BCUT2D eigenvalue weighted by molar-refractivity contribution is 0.186. The number of hydrogen-bond donors (Lipinski definition) is 3. The lowest BCUT2D eigenvalue weighted by atomic mass is 10.1. The van der Waals surface area contributed by atoms with Gasteiger partial charge in [0.25, 0.3) is 0 Å². The van der Waals surface area contributed by atoms with Crippen molar-refractivity contribution < 1.29 is 14.6 Å². The van der Waals surface area contributed by atoms with E-state index >= 15 is 0 Å². The summed E-state index contributed by atoms with van der Waals surface area (Å²) in [4.78, 5) is 7.01. The number of hydrogen-bond acceptors (Lipinski definition) is 5. The summed E-state index contributed by atoms with van der Waals surface area (Å²) >= 11 is 0. The first-order chi connectivity index (χ1) is 13.2. The molecule has 1 saturated heterocycles. The normalized spacial score (nSPS) is 16.1. The van der Waals surface area contributed by atoms with Crippen molar-refractivity contribution in [3.05, 3.63) is 23.8 Å². The Kier molecular flexibility index (Phi) is 12.2. The molecule has 0 saturated carbocycles. The topological polar surface area (TPSA) is 78.4 Å². The summed E-state index contributed by atoms with van der Waals surface area (Å²) in [6.07, 6.45) is 3.21. The molecule has 0 aromatic heterocycles. The molecule has 1 aliphatic heterocycles. The number of aliphatic imine (C=N–C) groups is 1. The predicted molar refractivity (Wildman–Crippen MR) is 124 cm³/mol. The number of nitrogens with one attached hydrogen (secondary N) is 2. The smallest absolute Gasteiger partial charge is 0.191 e. The second kappa shape index (κ2) is 13.8. The second-order valence-electron chi connectivity index (χ2n) is 6.71. The fourth-order valence-corrected chi connectivity index (χ4v) is 3.16. The van der Waals surface area contributed by atoms with Crippen LogP contribution in [0.3, 0.4) is 0 Å². The van der Waals surface area contributed by atoms with Crippen molar-refractivity contribution in [2.24, 2.45) is 4.99 Å². The van der Waals surface area contributed by atoms with Gasteiger partial charge in [-0.15, -0.1) is 24.0 Å². The average Bonchev–Trinajstić information content (AvgIpc) is 2.72. The molecule has 1 heterocycles. The summed E-state index contributed by atoms with van der Waals surface area (Å²) in [6.45, 7) is 7.30. The van der Waals surface area contributed by atoms with Crippen LogP contribution < -0.4 is 20.1 Å². The van der Waals surface area contributed by atoms with Crippen molar-refractivity contribution in [2.45, 2.75) is 32.3 Å².